The zero-order valence-electron chi connectivity index (χ0n) is 13.8. The van der Waals surface area contributed by atoms with Crippen molar-refractivity contribution in [2.75, 3.05) is 31.9 Å². The summed E-state index contributed by atoms with van der Waals surface area (Å²) in [6, 6.07) is 7.18. The Morgan fingerprint density at radius 3 is 2.36 bits per heavy atom. The van der Waals surface area contributed by atoms with Gasteiger partial charge in [-0.3, -0.25) is 4.79 Å². The van der Waals surface area contributed by atoms with Crippen molar-refractivity contribution < 1.29 is 4.79 Å². The minimum atomic E-state index is -0.0371. The molecule has 0 aliphatic heterocycles. The molecular weight excluding hydrogens is 276 g/mol. The van der Waals surface area contributed by atoms with Crippen LogP contribution in [0.4, 0.5) is 5.69 Å². The number of benzene rings is 1. The Kier molecular flexibility index (Phi) is 8.55. The van der Waals surface area contributed by atoms with E-state index in [0.717, 1.165) is 38.9 Å². The summed E-state index contributed by atoms with van der Waals surface area (Å²) in [6.45, 7) is 7.83. The lowest BCUT2D eigenvalue weighted by molar-refractivity contribution is 0.0922. The van der Waals surface area contributed by atoms with Crippen molar-refractivity contribution in [2.24, 2.45) is 5.73 Å². The predicted molar refractivity (Wildman–Crippen MR) is 92.8 cm³/mol. The third-order valence-electron chi connectivity index (χ3n) is 3.89. The van der Waals surface area contributed by atoms with Gasteiger partial charge in [-0.25, -0.2) is 0 Å². The number of carbonyl (C=O) groups is 1. The van der Waals surface area contributed by atoms with Gasteiger partial charge in [0, 0.05) is 23.8 Å². The highest BCUT2D eigenvalue weighted by atomic mass is 16.1. The minimum absolute atomic E-state index is 0.0371. The number of likely N-dealkylation sites (N-methyl/N-ethyl adjacent to an activating group) is 1. The number of nitrogens with one attached hydrogen (secondary N) is 1. The van der Waals surface area contributed by atoms with Crippen LogP contribution in [0.2, 0.25) is 0 Å². The third kappa shape index (κ3) is 6.45. The molecule has 1 atom stereocenters. The molecule has 0 saturated carbocycles. The number of hydrogen-bond donors (Lipinski definition) is 3. The highest BCUT2D eigenvalue weighted by Gasteiger charge is 2.16. The molecule has 0 spiro atoms. The maximum absolute atomic E-state index is 12.4. The molecule has 1 rings (SSSR count). The molecule has 124 valence electrons. The summed E-state index contributed by atoms with van der Waals surface area (Å²) in [5.41, 5.74) is 12.5. The van der Waals surface area contributed by atoms with Crippen LogP contribution in [0.5, 0.6) is 0 Å². The Morgan fingerprint density at radius 2 is 1.82 bits per heavy atom. The molecule has 1 aromatic carbocycles. The molecule has 0 heterocycles. The number of nitrogen functional groups attached to an aromatic ring is 1. The van der Waals surface area contributed by atoms with Gasteiger partial charge in [0.1, 0.15) is 0 Å². The van der Waals surface area contributed by atoms with Gasteiger partial charge >= 0.3 is 0 Å². The second kappa shape index (κ2) is 10.2. The Balaban J connectivity index is 2.64. The average Bonchev–Trinajstić information content (AvgIpc) is 2.53. The van der Waals surface area contributed by atoms with Crippen molar-refractivity contribution >= 4 is 11.6 Å². The number of hydrogen-bond acceptors (Lipinski definition) is 4. The number of unbranched alkanes of at least 4 members (excludes halogenated alkanes) is 1. The summed E-state index contributed by atoms with van der Waals surface area (Å²) in [5.74, 6) is -0.0371. The molecule has 5 heteroatoms. The van der Waals surface area contributed by atoms with Crippen molar-refractivity contribution in [3.8, 4) is 0 Å². The van der Waals surface area contributed by atoms with Crippen LogP contribution in [0.15, 0.2) is 24.3 Å². The molecular formula is C17H30N4O. The first-order chi connectivity index (χ1) is 10.6. The van der Waals surface area contributed by atoms with E-state index in [-0.39, 0.29) is 11.9 Å². The minimum Gasteiger partial charge on any atom is -0.399 e. The van der Waals surface area contributed by atoms with E-state index in [4.69, 9.17) is 11.5 Å². The van der Waals surface area contributed by atoms with Gasteiger partial charge in [0.05, 0.1) is 0 Å². The number of carbonyl (C=O) groups excluding carboxylic acids is 1. The largest absolute Gasteiger partial charge is 0.399 e. The van der Waals surface area contributed by atoms with Crippen molar-refractivity contribution in [3.05, 3.63) is 29.8 Å². The lowest BCUT2D eigenvalue weighted by Gasteiger charge is -2.26. The van der Waals surface area contributed by atoms with E-state index >= 15 is 0 Å². The molecule has 1 aromatic rings. The first-order valence-corrected chi connectivity index (χ1v) is 8.19. The summed E-state index contributed by atoms with van der Waals surface area (Å²) in [7, 11) is 0. The quantitative estimate of drug-likeness (QED) is 0.455. The maximum atomic E-state index is 12.4. The lowest BCUT2D eigenvalue weighted by atomic mass is 10.1. The summed E-state index contributed by atoms with van der Waals surface area (Å²) in [4.78, 5) is 14.7. The number of amides is 1. The van der Waals surface area contributed by atoms with Crippen LogP contribution >= 0.6 is 0 Å². The van der Waals surface area contributed by atoms with Crippen LogP contribution in [0, 0.1) is 0 Å². The Bertz CT molecular complexity index is 429. The van der Waals surface area contributed by atoms with Crippen molar-refractivity contribution in [2.45, 2.75) is 39.2 Å². The highest BCUT2D eigenvalue weighted by molar-refractivity contribution is 5.94. The molecule has 0 fully saturated rings. The van der Waals surface area contributed by atoms with Gasteiger partial charge in [-0.2, -0.15) is 0 Å². The summed E-state index contributed by atoms with van der Waals surface area (Å²) >= 11 is 0. The van der Waals surface area contributed by atoms with Crippen molar-refractivity contribution in [1.29, 1.82) is 0 Å². The molecule has 5 nitrogen and oxygen atoms in total. The van der Waals surface area contributed by atoms with E-state index < -0.39 is 0 Å². The molecule has 0 aliphatic carbocycles. The number of nitrogens with two attached hydrogens (primary N) is 2. The van der Waals surface area contributed by atoms with Gasteiger partial charge in [0.2, 0.25) is 0 Å². The molecule has 1 unspecified atom stereocenters. The van der Waals surface area contributed by atoms with E-state index in [1.807, 2.05) is 0 Å². The van der Waals surface area contributed by atoms with E-state index in [1.54, 1.807) is 24.3 Å². The van der Waals surface area contributed by atoms with E-state index in [9.17, 15) is 4.79 Å². The number of rotatable bonds is 10. The van der Waals surface area contributed by atoms with Crippen LogP contribution in [0.3, 0.4) is 0 Å². The van der Waals surface area contributed by atoms with Gasteiger partial charge in [-0.05, 0) is 56.7 Å². The Labute approximate surface area is 134 Å². The van der Waals surface area contributed by atoms with Crippen molar-refractivity contribution in [1.82, 2.24) is 10.2 Å². The van der Waals surface area contributed by atoms with Crippen LogP contribution < -0.4 is 16.8 Å². The summed E-state index contributed by atoms with van der Waals surface area (Å²) < 4.78 is 0. The third-order valence-corrected chi connectivity index (χ3v) is 3.89. The summed E-state index contributed by atoms with van der Waals surface area (Å²) in [5, 5.41) is 3.15. The molecule has 22 heavy (non-hydrogen) atoms. The topological polar surface area (TPSA) is 84.4 Å². The van der Waals surface area contributed by atoms with Gasteiger partial charge in [-0.15, -0.1) is 0 Å². The Morgan fingerprint density at radius 1 is 1.18 bits per heavy atom. The normalized spacial score (nSPS) is 12.4. The maximum Gasteiger partial charge on any atom is 0.251 e. The van der Waals surface area contributed by atoms with Gasteiger partial charge in [0.25, 0.3) is 5.91 Å². The lowest BCUT2D eigenvalue weighted by Crippen LogP contribution is -2.43. The molecule has 5 N–H and O–H groups in total. The molecule has 0 bridgehead atoms. The second-order valence-corrected chi connectivity index (χ2v) is 5.56. The zero-order chi connectivity index (χ0) is 16.4. The van der Waals surface area contributed by atoms with Gasteiger partial charge in [0.15, 0.2) is 0 Å². The number of anilines is 1. The Hall–Kier alpha value is -1.59. The average molecular weight is 306 g/mol. The first-order valence-electron chi connectivity index (χ1n) is 8.19. The first kappa shape index (κ1) is 18.5. The fourth-order valence-corrected chi connectivity index (χ4v) is 2.44. The smallest absolute Gasteiger partial charge is 0.251 e. The standard InChI is InChI=1S/C17H30N4O/c1-3-21(4-2)13-16(7-5-6-12-18)20-17(22)14-8-10-15(19)11-9-14/h8-11,16H,3-7,12-13,18-19H2,1-2H3,(H,20,22). The molecule has 0 saturated heterocycles. The number of nitrogens with zero attached hydrogens (tertiary/aromatic N) is 1. The van der Waals surface area contributed by atoms with Gasteiger partial charge in [-0.1, -0.05) is 20.3 Å². The van der Waals surface area contributed by atoms with Crippen LogP contribution in [0.1, 0.15) is 43.5 Å². The van der Waals surface area contributed by atoms with Crippen LogP contribution in [-0.4, -0.2) is 43.0 Å². The van der Waals surface area contributed by atoms with Crippen LogP contribution in [0.25, 0.3) is 0 Å². The summed E-state index contributed by atoms with van der Waals surface area (Å²) in [6.07, 6.45) is 2.98. The van der Waals surface area contributed by atoms with E-state index in [1.165, 1.54) is 0 Å². The molecule has 0 radical (unpaired) electrons. The molecule has 1 amide bonds. The van der Waals surface area contributed by atoms with Crippen molar-refractivity contribution in [3.63, 3.8) is 0 Å². The monoisotopic (exact) mass is 306 g/mol. The SMILES string of the molecule is CCN(CC)CC(CCCCN)NC(=O)c1ccc(N)cc1. The zero-order valence-corrected chi connectivity index (χ0v) is 13.8. The van der Waals surface area contributed by atoms with E-state index in [0.29, 0.717) is 17.8 Å². The fourth-order valence-electron chi connectivity index (χ4n) is 2.44. The van der Waals surface area contributed by atoms with E-state index in [2.05, 4.69) is 24.1 Å². The predicted octanol–water partition coefficient (Wildman–Crippen LogP) is 1.84. The molecule has 0 aromatic heterocycles. The fraction of sp³-hybridized carbons (Fsp3) is 0.588. The molecule has 0 aliphatic rings. The second-order valence-electron chi connectivity index (χ2n) is 5.56. The highest BCUT2D eigenvalue weighted by Crippen LogP contribution is 2.08. The van der Waals surface area contributed by atoms with Gasteiger partial charge < -0.3 is 21.7 Å². The van der Waals surface area contributed by atoms with Crippen LogP contribution in [-0.2, 0) is 0 Å².